The number of piperazine rings is 1. The van der Waals surface area contributed by atoms with Crippen LogP contribution in [0.2, 0.25) is 5.02 Å². The summed E-state index contributed by atoms with van der Waals surface area (Å²) in [7, 11) is 2.14. The molecule has 4 nitrogen and oxygen atoms in total. The summed E-state index contributed by atoms with van der Waals surface area (Å²) in [5, 5.41) is 4.17. The fourth-order valence-electron chi connectivity index (χ4n) is 3.88. The number of anilines is 3. The molecule has 3 aromatic rings. The van der Waals surface area contributed by atoms with Gasteiger partial charge in [0.25, 0.3) is 0 Å². The van der Waals surface area contributed by atoms with E-state index in [9.17, 15) is 4.39 Å². The number of halogens is 2. The average Bonchev–Trinajstić information content (AvgIpc) is 3.21. The summed E-state index contributed by atoms with van der Waals surface area (Å²) in [5.74, 6) is 0.469. The first-order valence-electron chi connectivity index (χ1n) is 9.55. The zero-order valence-electron chi connectivity index (χ0n) is 16.0. The molecule has 3 heterocycles. The second kappa shape index (κ2) is 7.44. The van der Waals surface area contributed by atoms with E-state index in [2.05, 4.69) is 39.3 Å². The summed E-state index contributed by atoms with van der Waals surface area (Å²) in [6, 6.07) is 13.4. The molecular formula is C22H20ClFN4S. The molecule has 5 rings (SSSR count). The molecular weight excluding hydrogens is 407 g/mol. The number of thiophene rings is 1. The Morgan fingerprint density at radius 2 is 1.83 bits per heavy atom. The summed E-state index contributed by atoms with van der Waals surface area (Å²) in [6.07, 6.45) is 0. The predicted octanol–water partition coefficient (Wildman–Crippen LogP) is 5.65. The first-order valence-corrected chi connectivity index (χ1v) is 10.9. The standard InChI is InChI=1S/C22H20ClFN4S/c1-26-7-9-27(10-8-26)22-16-4-2-3-5-20(16)28(15-6-11-29-14-15)21-13-18(24)17(23)12-19(21)25-22/h2-6,11-14H,7-10H2,1H3. The van der Waals surface area contributed by atoms with Crippen LogP contribution in [0.4, 0.5) is 27.1 Å². The second-order valence-electron chi connectivity index (χ2n) is 7.31. The molecule has 2 aliphatic heterocycles. The molecule has 0 N–H and O–H groups in total. The molecule has 0 spiro atoms. The largest absolute Gasteiger partial charge is 0.353 e. The molecule has 7 heteroatoms. The Morgan fingerprint density at radius 3 is 2.59 bits per heavy atom. The van der Waals surface area contributed by atoms with Crippen molar-refractivity contribution in [1.29, 1.82) is 0 Å². The number of amidine groups is 1. The summed E-state index contributed by atoms with van der Waals surface area (Å²) >= 11 is 7.77. The van der Waals surface area contributed by atoms with Crippen molar-refractivity contribution in [2.24, 2.45) is 4.99 Å². The minimum absolute atomic E-state index is 0.0847. The zero-order valence-corrected chi connectivity index (χ0v) is 17.6. The number of nitrogens with zero attached hydrogens (tertiary/aromatic N) is 4. The highest BCUT2D eigenvalue weighted by Gasteiger charge is 2.29. The van der Waals surface area contributed by atoms with E-state index in [0.717, 1.165) is 49.0 Å². The maximum atomic E-state index is 14.5. The van der Waals surface area contributed by atoms with Crippen molar-refractivity contribution in [2.45, 2.75) is 0 Å². The highest BCUT2D eigenvalue weighted by Crippen LogP contribution is 2.46. The normalized spacial score (nSPS) is 16.9. The number of hydrogen-bond donors (Lipinski definition) is 0. The molecule has 1 aromatic heterocycles. The van der Waals surface area contributed by atoms with E-state index in [-0.39, 0.29) is 5.02 Å². The fraction of sp³-hybridized carbons (Fsp3) is 0.227. The maximum Gasteiger partial charge on any atom is 0.144 e. The molecule has 0 bridgehead atoms. The first-order chi connectivity index (χ1) is 14.1. The second-order valence-corrected chi connectivity index (χ2v) is 8.50. The van der Waals surface area contributed by atoms with Gasteiger partial charge in [-0.05, 0) is 36.7 Å². The number of benzene rings is 2. The monoisotopic (exact) mass is 426 g/mol. The lowest BCUT2D eigenvalue weighted by Gasteiger charge is -2.35. The molecule has 1 saturated heterocycles. The molecule has 1 fully saturated rings. The van der Waals surface area contributed by atoms with E-state index in [4.69, 9.17) is 16.6 Å². The van der Waals surface area contributed by atoms with Gasteiger partial charge in [0.1, 0.15) is 11.7 Å². The number of likely N-dealkylation sites (N-methyl/N-ethyl adjacent to an activating group) is 1. The molecule has 0 unspecified atom stereocenters. The molecule has 2 aromatic carbocycles. The Hall–Kier alpha value is -2.41. The summed E-state index contributed by atoms with van der Waals surface area (Å²) in [4.78, 5) is 11.7. The number of fused-ring (bicyclic) bond motifs is 2. The smallest absolute Gasteiger partial charge is 0.144 e. The van der Waals surface area contributed by atoms with Gasteiger partial charge < -0.3 is 14.7 Å². The third-order valence-electron chi connectivity index (χ3n) is 5.44. The molecule has 0 radical (unpaired) electrons. The zero-order chi connectivity index (χ0) is 20.0. The van der Waals surface area contributed by atoms with Crippen LogP contribution in [0.25, 0.3) is 0 Å². The quantitative estimate of drug-likeness (QED) is 0.502. The van der Waals surface area contributed by atoms with Crippen LogP contribution in [0.3, 0.4) is 0 Å². The van der Waals surface area contributed by atoms with Gasteiger partial charge in [0.05, 0.1) is 27.8 Å². The van der Waals surface area contributed by atoms with Gasteiger partial charge >= 0.3 is 0 Å². The maximum absolute atomic E-state index is 14.5. The minimum Gasteiger partial charge on any atom is -0.353 e. The van der Waals surface area contributed by atoms with Crippen LogP contribution < -0.4 is 4.90 Å². The predicted molar refractivity (Wildman–Crippen MR) is 119 cm³/mol. The van der Waals surface area contributed by atoms with Crippen molar-refractivity contribution in [3.63, 3.8) is 0 Å². The van der Waals surface area contributed by atoms with Crippen molar-refractivity contribution in [1.82, 2.24) is 9.80 Å². The van der Waals surface area contributed by atoms with E-state index in [1.165, 1.54) is 6.07 Å². The Morgan fingerprint density at radius 1 is 1.03 bits per heavy atom. The lowest BCUT2D eigenvalue weighted by Crippen LogP contribution is -2.47. The minimum atomic E-state index is -0.443. The van der Waals surface area contributed by atoms with E-state index in [1.54, 1.807) is 17.4 Å². The molecule has 0 aliphatic carbocycles. The number of rotatable bonds is 1. The summed E-state index contributed by atoms with van der Waals surface area (Å²) in [5.41, 5.74) is 4.38. The van der Waals surface area contributed by atoms with Gasteiger partial charge in [-0.25, -0.2) is 9.38 Å². The van der Waals surface area contributed by atoms with Gasteiger partial charge in [-0.3, -0.25) is 0 Å². The number of hydrogen-bond acceptors (Lipinski definition) is 5. The number of para-hydroxylation sites is 1. The highest BCUT2D eigenvalue weighted by atomic mass is 35.5. The first kappa shape index (κ1) is 18.6. The molecule has 148 valence electrons. The van der Waals surface area contributed by atoms with Crippen LogP contribution in [0, 0.1) is 5.82 Å². The average molecular weight is 427 g/mol. The van der Waals surface area contributed by atoms with Crippen molar-refractivity contribution < 1.29 is 4.39 Å². The Labute approximate surface area is 178 Å². The summed E-state index contributed by atoms with van der Waals surface area (Å²) in [6.45, 7) is 3.75. The van der Waals surface area contributed by atoms with E-state index in [1.807, 2.05) is 23.6 Å². The third-order valence-corrected chi connectivity index (χ3v) is 6.40. The van der Waals surface area contributed by atoms with Crippen LogP contribution in [0.15, 0.2) is 58.2 Å². The Bertz CT molecular complexity index is 1070. The Kier molecular flexibility index (Phi) is 4.78. The van der Waals surface area contributed by atoms with Crippen molar-refractivity contribution >= 4 is 51.5 Å². The molecule has 0 amide bonds. The van der Waals surface area contributed by atoms with Crippen LogP contribution in [0.1, 0.15) is 5.56 Å². The van der Waals surface area contributed by atoms with Gasteiger partial charge in [-0.2, -0.15) is 11.3 Å². The van der Waals surface area contributed by atoms with Crippen LogP contribution >= 0.6 is 22.9 Å². The van der Waals surface area contributed by atoms with Crippen molar-refractivity contribution in [3.8, 4) is 0 Å². The molecule has 29 heavy (non-hydrogen) atoms. The Balaban J connectivity index is 1.75. The number of aliphatic imine (C=N–C) groups is 1. The van der Waals surface area contributed by atoms with Gasteiger partial charge in [0, 0.05) is 43.2 Å². The molecule has 0 saturated carbocycles. The van der Waals surface area contributed by atoms with Gasteiger partial charge in [0.15, 0.2) is 0 Å². The topological polar surface area (TPSA) is 22.1 Å². The molecule has 0 atom stereocenters. The van der Waals surface area contributed by atoms with E-state index in [0.29, 0.717) is 11.4 Å². The molecule has 2 aliphatic rings. The van der Waals surface area contributed by atoms with E-state index < -0.39 is 5.82 Å². The highest BCUT2D eigenvalue weighted by molar-refractivity contribution is 7.08. The van der Waals surface area contributed by atoms with Crippen molar-refractivity contribution in [2.75, 3.05) is 38.1 Å². The van der Waals surface area contributed by atoms with Gasteiger partial charge in [-0.15, -0.1) is 0 Å². The van der Waals surface area contributed by atoms with Gasteiger partial charge in [-0.1, -0.05) is 23.7 Å². The van der Waals surface area contributed by atoms with E-state index >= 15 is 0 Å². The van der Waals surface area contributed by atoms with Crippen molar-refractivity contribution in [3.05, 3.63) is 69.6 Å². The lowest BCUT2D eigenvalue weighted by atomic mass is 10.1. The third kappa shape index (κ3) is 3.31. The fourth-order valence-corrected chi connectivity index (χ4v) is 4.66. The SMILES string of the molecule is CN1CCN(C2=Nc3cc(Cl)c(F)cc3N(c3ccsc3)c3ccccc32)CC1. The lowest BCUT2D eigenvalue weighted by molar-refractivity contribution is 0.216. The van der Waals surface area contributed by atoms with Gasteiger partial charge in [0.2, 0.25) is 0 Å². The van der Waals surface area contributed by atoms with Crippen LogP contribution in [-0.4, -0.2) is 48.9 Å². The summed E-state index contributed by atoms with van der Waals surface area (Å²) < 4.78 is 14.5. The van der Waals surface area contributed by atoms with Crippen LogP contribution in [0.5, 0.6) is 0 Å². The van der Waals surface area contributed by atoms with Crippen LogP contribution in [-0.2, 0) is 0 Å².